The lowest BCUT2D eigenvalue weighted by molar-refractivity contribution is 0.106. The van der Waals surface area contributed by atoms with Gasteiger partial charge in [-0.15, -0.1) is 0 Å². The topological polar surface area (TPSA) is 64.6 Å². The lowest BCUT2D eigenvalue weighted by atomic mass is 10.5. The third-order valence-electron chi connectivity index (χ3n) is 3.87. The fourth-order valence-electron chi connectivity index (χ4n) is 2.46. The van der Waals surface area contributed by atoms with Gasteiger partial charge in [0.05, 0.1) is 18.7 Å². The van der Waals surface area contributed by atoms with Crippen molar-refractivity contribution in [2.24, 2.45) is 0 Å². The summed E-state index contributed by atoms with van der Waals surface area (Å²) in [5, 5.41) is 0. The van der Waals surface area contributed by atoms with Crippen LogP contribution >= 0.6 is 0 Å². The minimum absolute atomic E-state index is 0.431. The fourth-order valence-corrected chi connectivity index (χ4v) is 13.7. The highest BCUT2D eigenvalue weighted by atomic mass is 28.5. The van der Waals surface area contributed by atoms with Gasteiger partial charge in [0.25, 0.3) is 0 Å². The molecule has 0 amide bonds. The molecule has 0 aliphatic rings. The molecule has 0 saturated heterocycles. The van der Waals surface area contributed by atoms with Gasteiger partial charge in [0.15, 0.2) is 0 Å². The van der Waals surface area contributed by atoms with Crippen LogP contribution in [0.25, 0.3) is 0 Å². The van der Waals surface area contributed by atoms with Gasteiger partial charge in [0, 0.05) is 34.0 Å². The van der Waals surface area contributed by atoms with E-state index in [1.807, 2.05) is 19.6 Å². The second-order valence-corrected chi connectivity index (χ2v) is 17.3. The van der Waals surface area contributed by atoms with Crippen LogP contribution in [0.15, 0.2) is 0 Å². The van der Waals surface area contributed by atoms with Crippen LogP contribution in [0.5, 0.6) is 0 Å². The molecule has 0 rings (SSSR count). The molecule has 0 aliphatic carbocycles. The van der Waals surface area contributed by atoms with Crippen molar-refractivity contribution < 1.29 is 31.3 Å². The Labute approximate surface area is 169 Å². The standard InChI is InChI=1S/C17H42O7Si3/c1-9-12-20-15-25(6,18-4)23-27(8,17-22-14-11-3)24-26(7,19-5)16-21-13-10-2/h9-17H2,1-8H3. The zero-order valence-corrected chi connectivity index (χ0v) is 21.7. The second kappa shape index (κ2) is 14.4. The van der Waals surface area contributed by atoms with Gasteiger partial charge in [-0.3, -0.25) is 0 Å². The maximum atomic E-state index is 6.55. The molecule has 0 aliphatic heterocycles. The quantitative estimate of drug-likeness (QED) is 0.238. The highest BCUT2D eigenvalue weighted by Gasteiger charge is 2.49. The van der Waals surface area contributed by atoms with Crippen molar-refractivity contribution in [3.8, 4) is 0 Å². The van der Waals surface area contributed by atoms with Crippen LogP contribution in [0, 0.1) is 0 Å². The van der Waals surface area contributed by atoms with Crippen molar-refractivity contribution >= 4 is 25.7 Å². The minimum Gasteiger partial charge on any atom is -0.413 e. The van der Waals surface area contributed by atoms with E-state index in [1.54, 1.807) is 14.2 Å². The van der Waals surface area contributed by atoms with Crippen LogP contribution in [0.3, 0.4) is 0 Å². The van der Waals surface area contributed by atoms with Crippen LogP contribution < -0.4 is 0 Å². The zero-order chi connectivity index (χ0) is 20.8. The van der Waals surface area contributed by atoms with Gasteiger partial charge in [-0.25, -0.2) is 0 Å². The summed E-state index contributed by atoms with van der Waals surface area (Å²) in [7, 11) is -4.46. The monoisotopic (exact) mass is 442 g/mol. The molecular formula is C17H42O7Si3. The molecule has 0 spiro atoms. The van der Waals surface area contributed by atoms with E-state index in [2.05, 4.69) is 20.8 Å². The summed E-state index contributed by atoms with van der Waals surface area (Å²) in [6, 6.07) is 0. The SMILES string of the molecule is CCCOC[Si](C)(OC)O[Si](C)(COCCC)O[Si](C)(COCCC)OC. The maximum Gasteiger partial charge on any atom is 0.352 e. The fraction of sp³-hybridized carbons (Fsp3) is 1.00. The van der Waals surface area contributed by atoms with Crippen molar-refractivity contribution in [1.29, 1.82) is 0 Å². The van der Waals surface area contributed by atoms with Gasteiger partial charge < -0.3 is 31.3 Å². The van der Waals surface area contributed by atoms with Crippen LogP contribution in [-0.4, -0.2) is 78.4 Å². The van der Waals surface area contributed by atoms with Crippen molar-refractivity contribution in [3.05, 3.63) is 0 Å². The summed E-state index contributed by atoms with van der Waals surface area (Å²) < 4.78 is 42.0. The molecule has 164 valence electrons. The van der Waals surface area contributed by atoms with Crippen LogP contribution in [0.2, 0.25) is 19.6 Å². The third kappa shape index (κ3) is 11.8. The van der Waals surface area contributed by atoms with E-state index < -0.39 is 25.7 Å². The number of ether oxygens (including phenoxy) is 3. The van der Waals surface area contributed by atoms with E-state index in [0.717, 1.165) is 19.3 Å². The van der Waals surface area contributed by atoms with Crippen LogP contribution in [-0.2, 0) is 31.3 Å². The molecule has 0 radical (unpaired) electrons. The smallest absolute Gasteiger partial charge is 0.352 e. The molecule has 10 heteroatoms. The lowest BCUT2D eigenvalue weighted by Crippen LogP contribution is -2.62. The van der Waals surface area contributed by atoms with E-state index >= 15 is 0 Å². The summed E-state index contributed by atoms with van der Waals surface area (Å²) in [6.07, 6.45) is 4.23. The first kappa shape index (κ1) is 27.4. The molecule has 0 fully saturated rings. The summed E-state index contributed by atoms with van der Waals surface area (Å²) in [5.74, 6) is 0. The predicted octanol–water partition coefficient (Wildman–Crippen LogP) is 3.43. The summed E-state index contributed by atoms with van der Waals surface area (Å²) in [6.45, 7) is 14.3. The highest BCUT2D eigenvalue weighted by Crippen LogP contribution is 2.23. The highest BCUT2D eigenvalue weighted by molar-refractivity contribution is 6.85. The molecule has 2 atom stereocenters. The van der Waals surface area contributed by atoms with E-state index in [4.69, 9.17) is 31.3 Å². The molecule has 0 aromatic heterocycles. The minimum atomic E-state index is -2.73. The Morgan fingerprint density at radius 1 is 0.519 bits per heavy atom. The molecular weight excluding hydrogens is 400 g/mol. The molecule has 0 aromatic rings. The van der Waals surface area contributed by atoms with Crippen molar-refractivity contribution in [1.82, 2.24) is 0 Å². The van der Waals surface area contributed by atoms with E-state index in [9.17, 15) is 0 Å². The van der Waals surface area contributed by atoms with Crippen LogP contribution in [0.4, 0.5) is 0 Å². The second-order valence-electron chi connectivity index (χ2n) is 7.17. The van der Waals surface area contributed by atoms with E-state index in [-0.39, 0.29) is 0 Å². The zero-order valence-electron chi connectivity index (χ0n) is 18.7. The van der Waals surface area contributed by atoms with Gasteiger partial charge in [-0.05, 0) is 38.9 Å². The summed E-state index contributed by atoms with van der Waals surface area (Å²) >= 11 is 0. The normalized spacial score (nSPS) is 18.7. The first-order valence-electron chi connectivity index (χ1n) is 9.96. The largest absolute Gasteiger partial charge is 0.413 e. The van der Waals surface area contributed by atoms with Crippen molar-refractivity contribution in [2.45, 2.75) is 59.7 Å². The molecule has 0 saturated carbocycles. The molecule has 2 unspecified atom stereocenters. The van der Waals surface area contributed by atoms with Crippen LogP contribution in [0.1, 0.15) is 40.0 Å². The maximum absolute atomic E-state index is 6.55. The predicted molar refractivity (Wildman–Crippen MR) is 114 cm³/mol. The average Bonchev–Trinajstić information content (AvgIpc) is 2.62. The molecule has 0 N–H and O–H groups in total. The number of hydrogen-bond donors (Lipinski definition) is 0. The Bertz CT molecular complexity index is 352. The van der Waals surface area contributed by atoms with Gasteiger partial charge >= 0.3 is 25.7 Å². The number of hydrogen-bond acceptors (Lipinski definition) is 7. The first-order chi connectivity index (χ1) is 12.7. The lowest BCUT2D eigenvalue weighted by Gasteiger charge is -2.40. The molecule has 0 aromatic carbocycles. The number of rotatable bonds is 18. The van der Waals surface area contributed by atoms with E-state index in [0.29, 0.717) is 38.5 Å². The Hall–Kier alpha value is 0.371. The molecule has 7 nitrogen and oxygen atoms in total. The third-order valence-corrected chi connectivity index (χ3v) is 14.7. The van der Waals surface area contributed by atoms with E-state index in [1.165, 1.54) is 0 Å². The summed E-state index contributed by atoms with van der Waals surface area (Å²) in [4.78, 5) is 0. The van der Waals surface area contributed by atoms with Crippen molar-refractivity contribution in [2.75, 3.05) is 52.7 Å². The van der Waals surface area contributed by atoms with Gasteiger partial charge in [-0.1, -0.05) is 20.8 Å². The molecule has 0 bridgehead atoms. The van der Waals surface area contributed by atoms with Crippen molar-refractivity contribution in [3.63, 3.8) is 0 Å². The average molecular weight is 443 g/mol. The first-order valence-corrected chi connectivity index (χ1v) is 17.5. The molecule has 27 heavy (non-hydrogen) atoms. The Morgan fingerprint density at radius 2 is 0.815 bits per heavy atom. The Kier molecular flexibility index (Phi) is 14.6. The Morgan fingerprint density at radius 3 is 1.07 bits per heavy atom. The van der Waals surface area contributed by atoms with Gasteiger partial charge in [0.2, 0.25) is 0 Å². The van der Waals surface area contributed by atoms with Gasteiger partial charge in [0.1, 0.15) is 0 Å². The Balaban J connectivity index is 5.23. The summed E-state index contributed by atoms with van der Waals surface area (Å²) in [5.41, 5.74) is 0. The van der Waals surface area contributed by atoms with Gasteiger partial charge in [-0.2, -0.15) is 0 Å². The molecule has 0 heterocycles.